The number of rotatable bonds is 7. The molecule has 18 heavy (non-hydrogen) atoms. The molecule has 0 spiro atoms. The molecule has 0 saturated carbocycles. The molecule has 0 aromatic carbocycles. The molecule has 0 fully saturated rings. The summed E-state index contributed by atoms with van der Waals surface area (Å²) in [6.45, 7) is 3.36. The van der Waals surface area contributed by atoms with E-state index < -0.39 is 0 Å². The molecule has 0 bridgehead atoms. The smallest absolute Gasteiger partial charge is 0.307 e. The molecule has 1 aromatic heterocycles. The molecule has 1 heterocycles. The third-order valence-electron chi connectivity index (χ3n) is 2.13. The van der Waals surface area contributed by atoms with Crippen LogP contribution in [-0.4, -0.2) is 36.1 Å². The van der Waals surface area contributed by atoms with Gasteiger partial charge in [0, 0.05) is 19.3 Å². The van der Waals surface area contributed by atoms with Gasteiger partial charge in [0.05, 0.1) is 18.0 Å². The number of anilines is 2. The van der Waals surface area contributed by atoms with Crippen LogP contribution in [0.2, 0.25) is 0 Å². The van der Waals surface area contributed by atoms with Gasteiger partial charge in [0.2, 0.25) is 5.95 Å². The second-order valence-electron chi connectivity index (χ2n) is 3.57. The van der Waals surface area contributed by atoms with Crippen molar-refractivity contribution in [2.45, 2.75) is 19.8 Å². The second-order valence-corrected chi connectivity index (χ2v) is 4.42. The van der Waals surface area contributed by atoms with Crippen LogP contribution in [0.3, 0.4) is 0 Å². The lowest BCUT2D eigenvalue weighted by Crippen LogP contribution is -2.12. The van der Waals surface area contributed by atoms with Crippen molar-refractivity contribution in [3.8, 4) is 0 Å². The Morgan fingerprint density at radius 3 is 2.89 bits per heavy atom. The predicted molar refractivity (Wildman–Crippen MR) is 73.6 cm³/mol. The maximum absolute atomic E-state index is 11.0. The van der Waals surface area contributed by atoms with Crippen LogP contribution in [-0.2, 0) is 9.53 Å². The van der Waals surface area contributed by atoms with Gasteiger partial charge in [0.1, 0.15) is 5.82 Å². The Kier molecular flexibility index (Phi) is 6.42. The van der Waals surface area contributed by atoms with Gasteiger partial charge in [0.25, 0.3) is 0 Å². The maximum atomic E-state index is 11.0. The van der Waals surface area contributed by atoms with Crippen molar-refractivity contribution in [1.82, 2.24) is 9.97 Å². The molecule has 0 aliphatic rings. The lowest BCUT2D eigenvalue weighted by molar-refractivity contribution is -0.140. The van der Waals surface area contributed by atoms with Crippen LogP contribution in [0.25, 0.3) is 0 Å². The quantitative estimate of drug-likeness (QED) is 0.750. The van der Waals surface area contributed by atoms with Gasteiger partial charge in [-0.25, -0.2) is 4.98 Å². The molecule has 0 aliphatic carbocycles. The van der Waals surface area contributed by atoms with E-state index in [1.54, 1.807) is 6.20 Å². The highest BCUT2D eigenvalue weighted by Gasteiger charge is 2.05. The molecule has 7 heteroatoms. The monoisotopic (exact) mass is 316 g/mol. The minimum absolute atomic E-state index is 0.253. The maximum Gasteiger partial charge on any atom is 0.307 e. The van der Waals surface area contributed by atoms with Gasteiger partial charge in [-0.2, -0.15) is 4.98 Å². The first kappa shape index (κ1) is 14.7. The SMILES string of the molecule is CCCNc1ncc(Br)c(NCCC(=O)OC)n1. The van der Waals surface area contributed by atoms with Crippen molar-refractivity contribution >= 4 is 33.7 Å². The van der Waals surface area contributed by atoms with Crippen LogP contribution >= 0.6 is 15.9 Å². The molecule has 0 aliphatic heterocycles. The van der Waals surface area contributed by atoms with E-state index >= 15 is 0 Å². The van der Waals surface area contributed by atoms with Crippen molar-refractivity contribution in [3.05, 3.63) is 10.7 Å². The molecule has 0 amide bonds. The summed E-state index contributed by atoms with van der Waals surface area (Å²) in [4.78, 5) is 19.4. The number of nitrogens with one attached hydrogen (secondary N) is 2. The van der Waals surface area contributed by atoms with E-state index in [1.807, 2.05) is 0 Å². The first-order valence-electron chi connectivity index (χ1n) is 5.74. The minimum atomic E-state index is -0.253. The van der Waals surface area contributed by atoms with E-state index in [-0.39, 0.29) is 5.97 Å². The molecule has 6 nitrogen and oxygen atoms in total. The Balaban J connectivity index is 2.55. The Morgan fingerprint density at radius 1 is 1.44 bits per heavy atom. The molecule has 2 N–H and O–H groups in total. The van der Waals surface area contributed by atoms with Crippen LogP contribution in [0.15, 0.2) is 10.7 Å². The number of aromatic nitrogens is 2. The number of esters is 1. The fourth-order valence-electron chi connectivity index (χ4n) is 1.20. The predicted octanol–water partition coefficient (Wildman–Crippen LogP) is 2.04. The summed E-state index contributed by atoms with van der Waals surface area (Å²) in [6.07, 6.45) is 2.97. The summed E-state index contributed by atoms with van der Waals surface area (Å²) >= 11 is 3.35. The van der Waals surface area contributed by atoms with E-state index in [9.17, 15) is 4.79 Å². The Labute approximate surface area is 115 Å². The lowest BCUT2D eigenvalue weighted by Gasteiger charge is -2.09. The largest absolute Gasteiger partial charge is 0.469 e. The normalized spacial score (nSPS) is 9.94. The van der Waals surface area contributed by atoms with Gasteiger partial charge in [-0.1, -0.05) is 6.92 Å². The van der Waals surface area contributed by atoms with Gasteiger partial charge < -0.3 is 15.4 Å². The number of methoxy groups -OCH3 is 1. The van der Waals surface area contributed by atoms with Gasteiger partial charge in [-0.05, 0) is 22.4 Å². The molecule has 1 rings (SSSR count). The average Bonchev–Trinajstić information content (AvgIpc) is 2.39. The molecule has 0 atom stereocenters. The van der Waals surface area contributed by atoms with Crippen LogP contribution in [0, 0.1) is 0 Å². The summed E-state index contributed by atoms with van der Waals surface area (Å²) in [7, 11) is 1.37. The Bertz CT molecular complexity index is 401. The highest BCUT2D eigenvalue weighted by atomic mass is 79.9. The molecular formula is C11H17BrN4O2. The van der Waals surface area contributed by atoms with Crippen LogP contribution in [0.4, 0.5) is 11.8 Å². The molecule has 0 unspecified atom stereocenters. The zero-order valence-electron chi connectivity index (χ0n) is 10.5. The molecular weight excluding hydrogens is 300 g/mol. The number of halogens is 1. The summed E-state index contributed by atoms with van der Waals surface area (Å²) in [5.74, 6) is 0.977. The summed E-state index contributed by atoms with van der Waals surface area (Å²) in [6, 6.07) is 0. The van der Waals surface area contributed by atoms with Gasteiger partial charge in [-0.3, -0.25) is 4.79 Å². The second kappa shape index (κ2) is 7.86. The number of carbonyl (C=O) groups excluding carboxylic acids is 1. The van der Waals surface area contributed by atoms with Crippen LogP contribution in [0.1, 0.15) is 19.8 Å². The van der Waals surface area contributed by atoms with Gasteiger partial charge >= 0.3 is 5.97 Å². The van der Waals surface area contributed by atoms with Crippen molar-refractivity contribution < 1.29 is 9.53 Å². The third kappa shape index (κ3) is 4.87. The van der Waals surface area contributed by atoms with Gasteiger partial charge in [-0.15, -0.1) is 0 Å². The Morgan fingerprint density at radius 2 is 2.22 bits per heavy atom. The van der Waals surface area contributed by atoms with Crippen molar-refractivity contribution in [1.29, 1.82) is 0 Å². The average molecular weight is 317 g/mol. The number of hydrogen-bond acceptors (Lipinski definition) is 6. The first-order valence-corrected chi connectivity index (χ1v) is 6.53. The third-order valence-corrected chi connectivity index (χ3v) is 2.71. The van der Waals surface area contributed by atoms with E-state index in [2.05, 4.69) is 48.2 Å². The van der Waals surface area contributed by atoms with Crippen molar-refractivity contribution in [3.63, 3.8) is 0 Å². The number of carbonyl (C=O) groups is 1. The minimum Gasteiger partial charge on any atom is -0.469 e. The fourth-order valence-corrected chi connectivity index (χ4v) is 1.53. The van der Waals surface area contributed by atoms with Crippen molar-refractivity contribution in [2.75, 3.05) is 30.8 Å². The standard InChI is InChI=1S/C11H17BrN4O2/c1-3-5-14-11-15-7-8(12)10(16-11)13-6-4-9(17)18-2/h7H,3-6H2,1-2H3,(H2,13,14,15,16). The van der Waals surface area contributed by atoms with E-state index in [4.69, 9.17) is 0 Å². The molecule has 0 radical (unpaired) electrons. The van der Waals surface area contributed by atoms with E-state index in [1.165, 1.54) is 7.11 Å². The fraction of sp³-hybridized carbons (Fsp3) is 0.545. The molecule has 100 valence electrons. The summed E-state index contributed by atoms with van der Waals surface area (Å²) in [5, 5.41) is 6.15. The van der Waals surface area contributed by atoms with Crippen LogP contribution in [0.5, 0.6) is 0 Å². The number of hydrogen-bond donors (Lipinski definition) is 2. The molecule has 0 saturated heterocycles. The topological polar surface area (TPSA) is 76.1 Å². The highest BCUT2D eigenvalue weighted by Crippen LogP contribution is 2.19. The first-order chi connectivity index (χ1) is 8.67. The van der Waals surface area contributed by atoms with Crippen LogP contribution < -0.4 is 10.6 Å². The summed E-state index contributed by atoms with van der Waals surface area (Å²) in [5.41, 5.74) is 0. The summed E-state index contributed by atoms with van der Waals surface area (Å²) < 4.78 is 5.32. The van der Waals surface area contributed by atoms with Crippen molar-refractivity contribution in [2.24, 2.45) is 0 Å². The van der Waals surface area contributed by atoms with E-state index in [0.29, 0.717) is 24.7 Å². The lowest BCUT2D eigenvalue weighted by atomic mass is 10.4. The van der Waals surface area contributed by atoms with Gasteiger partial charge in [0.15, 0.2) is 0 Å². The van der Waals surface area contributed by atoms with E-state index in [0.717, 1.165) is 17.4 Å². The zero-order chi connectivity index (χ0) is 13.4. The zero-order valence-corrected chi connectivity index (χ0v) is 12.1. The highest BCUT2D eigenvalue weighted by molar-refractivity contribution is 9.10. The number of nitrogens with zero attached hydrogens (tertiary/aromatic N) is 2. The Hall–Kier alpha value is -1.37. The molecule has 1 aromatic rings. The number of ether oxygens (including phenoxy) is 1.